The van der Waals surface area contributed by atoms with Gasteiger partial charge in [-0.15, -0.1) is 11.3 Å². The number of amides is 2. The second-order valence-electron chi connectivity index (χ2n) is 6.69. The summed E-state index contributed by atoms with van der Waals surface area (Å²) in [6, 6.07) is 0. The fourth-order valence-corrected chi connectivity index (χ4v) is 3.92. The standard InChI is InChI=1S/C18H25N5O4S/c1-11-14(18(26)27-6)16(28-15(11)17(25)21(2)3)20-13(24)10-22(4)8-12-7-19-23(5)9-12/h7,9H,8,10H2,1-6H3,(H,20,24). The third-order valence-electron chi connectivity index (χ3n) is 4.01. The van der Waals surface area contributed by atoms with Crippen LogP contribution in [0.3, 0.4) is 0 Å². The number of thiophene rings is 1. The predicted molar refractivity (Wildman–Crippen MR) is 107 cm³/mol. The number of esters is 1. The van der Waals surface area contributed by atoms with E-state index >= 15 is 0 Å². The first kappa shape index (κ1) is 21.6. The van der Waals surface area contributed by atoms with E-state index in [9.17, 15) is 14.4 Å². The molecule has 0 unspecified atom stereocenters. The van der Waals surface area contributed by atoms with Gasteiger partial charge in [0.05, 0.1) is 30.3 Å². The maximum Gasteiger partial charge on any atom is 0.341 e. The highest BCUT2D eigenvalue weighted by atomic mass is 32.1. The van der Waals surface area contributed by atoms with E-state index in [1.54, 1.807) is 31.9 Å². The summed E-state index contributed by atoms with van der Waals surface area (Å²) in [5.74, 6) is -1.12. The molecule has 0 fully saturated rings. The van der Waals surface area contributed by atoms with Crippen LogP contribution in [0.15, 0.2) is 12.4 Å². The van der Waals surface area contributed by atoms with E-state index in [0.717, 1.165) is 16.9 Å². The second kappa shape index (κ2) is 8.98. The fourth-order valence-electron chi connectivity index (χ4n) is 2.69. The zero-order chi connectivity index (χ0) is 21.0. The molecule has 0 saturated carbocycles. The van der Waals surface area contributed by atoms with Crippen molar-refractivity contribution in [2.75, 3.05) is 40.1 Å². The Bertz CT molecular complexity index is 887. The minimum Gasteiger partial charge on any atom is -0.465 e. The topological polar surface area (TPSA) is 96.8 Å². The number of methoxy groups -OCH3 is 1. The first-order valence-corrected chi connectivity index (χ1v) is 9.35. The van der Waals surface area contributed by atoms with Gasteiger partial charge in [0.25, 0.3) is 5.91 Å². The van der Waals surface area contributed by atoms with Crippen LogP contribution in [0, 0.1) is 6.92 Å². The molecule has 2 aromatic heterocycles. The molecule has 0 bridgehead atoms. The average molecular weight is 407 g/mol. The average Bonchev–Trinajstić information content (AvgIpc) is 3.16. The molecule has 9 nitrogen and oxygen atoms in total. The monoisotopic (exact) mass is 407 g/mol. The van der Waals surface area contributed by atoms with E-state index in [0.29, 0.717) is 22.0 Å². The molecule has 2 aromatic rings. The number of ether oxygens (including phenoxy) is 1. The van der Waals surface area contributed by atoms with Gasteiger partial charge in [0.2, 0.25) is 5.91 Å². The smallest absolute Gasteiger partial charge is 0.341 e. The van der Waals surface area contributed by atoms with Gasteiger partial charge in [-0.3, -0.25) is 19.2 Å². The molecule has 2 amide bonds. The van der Waals surface area contributed by atoms with E-state index in [4.69, 9.17) is 4.74 Å². The van der Waals surface area contributed by atoms with Crippen LogP contribution in [-0.4, -0.2) is 72.2 Å². The molecule has 2 rings (SSSR count). The Labute approximate surface area is 167 Å². The van der Waals surface area contributed by atoms with Gasteiger partial charge in [0.1, 0.15) is 5.00 Å². The van der Waals surface area contributed by atoms with E-state index < -0.39 is 5.97 Å². The van der Waals surface area contributed by atoms with Crippen LogP contribution in [0.1, 0.15) is 31.2 Å². The molecule has 10 heteroatoms. The molecule has 0 aromatic carbocycles. The zero-order valence-corrected chi connectivity index (χ0v) is 17.7. The van der Waals surface area contributed by atoms with Gasteiger partial charge in [-0.05, 0) is 19.5 Å². The Morgan fingerprint density at radius 3 is 2.50 bits per heavy atom. The van der Waals surface area contributed by atoms with Gasteiger partial charge in [-0.2, -0.15) is 5.10 Å². The number of rotatable bonds is 7. The molecular weight excluding hydrogens is 382 g/mol. The van der Waals surface area contributed by atoms with Crippen molar-refractivity contribution in [1.29, 1.82) is 0 Å². The number of aromatic nitrogens is 2. The molecule has 0 atom stereocenters. The third kappa shape index (κ3) is 4.96. The Morgan fingerprint density at radius 1 is 1.29 bits per heavy atom. The molecule has 0 spiro atoms. The van der Waals surface area contributed by atoms with Crippen molar-refractivity contribution in [2.24, 2.45) is 7.05 Å². The van der Waals surface area contributed by atoms with Gasteiger partial charge >= 0.3 is 5.97 Å². The molecule has 2 heterocycles. The number of hydrogen-bond donors (Lipinski definition) is 1. The summed E-state index contributed by atoms with van der Waals surface area (Å²) in [7, 11) is 8.17. The minimum absolute atomic E-state index is 0.114. The largest absolute Gasteiger partial charge is 0.465 e. The van der Waals surface area contributed by atoms with Crippen molar-refractivity contribution in [1.82, 2.24) is 19.6 Å². The van der Waals surface area contributed by atoms with Crippen molar-refractivity contribution >= 4 is 34.1 Å². The van der Waals surface area contributed by atoms with Crippen molar-refractivity contribution in [2.45, 2.75) is 13.5 Å². The Hall–Kier alpha value is -2.72. The van der Waals surface area contributed by atoms with Crippen molar-refractivity contribution in [3.05, 3.63) is 34.0 Å². The van der Waals surface area contributed by atoms with Gasteiger partial charge in [-0.25, -0.2) is 4.79 Å². The number of nitrogens with zero attached hydrogens (tertiary/aromatic N) is 4. The first-order chi connectivity index (χ1) is 13.1. The van der Waals surface area contributed by atoms with Crippen molar-refractivity contribution in [3.63, 3.8) is 0 Å². The highest BCUT2D eigenvalue weighted by Gasteiger charge is 2.27. The minimum atomic E-state index is -0.592. The van der Waals surface area contributed by atoms with Crippen LogP contribution >= 0.6 is 11.3 Å². The van der Waals surface area contributed by atoms with E-state index in [1.165, 1.54) is 12.0 Å². The lowest BCUT2D eigenvalue weighted by Crippen LogP contribution is -2.30. The maximum absolute atomic E-state index is 12.5. The maximum atomic E-state index is 12.5. The summed E-state index contributed by atoms with van der Waals surface area (Å²) in [4.78, 5) is 40.7. The lowest BCUT2D eigenvalue weighted by molar-refractivity contribution is -0.117. The SMILES string of the molecule is COC(=O)c1c(NC(=O)CN(C)Cc2cnn(C)c2)sc(C(=O)N(C)C)c1C. The summed E-state index contributed by atoms with van der Waals surface area (Å²) >= 11 is 1.07. The first-order valence-electron chi connectivity index (χ1n) is 8.53. The molecule has 152 valence electrons. The summed E-state index contributed by atoms with van der Waals surface area (Å²) in [5, 5.41) is 7.17. The quantitative estimate of drug-likeness (QED) is 0.696. The number of carbonyl (C=O) groups excluding carboxylic acids is 3. The number of nitrogens with one attached hydrogen (secondary N) is 1. The van der Waals surface area contributed by atoms with Crippen LogP contribution in [-0.2, 0) is 23.1 Å². The van der Waals surface area contributed by atoms with Crippen LogP contribution in [0.5, 0.6) is 0 Å². The van der Waals surface area contributed by atoms with E-state index in [2.05, 4.69) is 10.4 Å². The number of aryl methyl sites for hydroxylation is 1. The molecule has 0 aliphatic carbocycles. The van der Waals surface area contributed by atoms with Gasteiger partial charge in [-0.1, -0.05) is 0 Å². The molecule has 0 saturated heterocycles. The summed E-state index contributed by atoms with van der Waals surface area (Å²) < 4.78 is 6.53. The van der Waals surface area contributed by atoms with Crippen LogP contribution < -0.4 is 5.32 Å². The van der Waals surface area contributed by atoms with Gasteiger partial charge in [0.15, 0.2) is 0 Å². The Kier molecular flexibility index (Phi) is 6.92. The summed E-state index contributed by atoms with van der Waals surface area (Å²) in [6.45, 7) is 2.34. The van der Waals surface area contributed by atoms with Crippen LogP contribution in [0.2, 0.25) is 0 Å². The van der Waals surface area contributed by atoms with Gasteiger partial charge < -0.3 is 15.0 Å². The van der Waals surface area contributed by atoms with Gasteiger partial charge in [0, 0.05) is 39.4 Å². The highest BCUT2D eigenvalue weighted by Crippen LogP contribution is 2.34. The highest BCUT2D eigenvalue weighted by molar-refractivity contribution is 7.18. The fraction of sp³-hybridized carbons (Fsp3) is 0.444. The summed E-state index contributed by atoms with van der Waals surface area (Å²) in [6.07, 6.45) is 3.62. The Balaban J connectivity index is 2.16. The van der Waals surface area contributed by atoms with E-state index in [1.807, 2.05) is 25.2 Å². The number of likely N-dealkylation sites (N-methyl/N-ethyl adjacent to an activating group) is 1. The molecule has 0 aliphatic heterocycles. The van der Waals surface area contributed by atoms with Crippen molar-refractivity contribution in [3.8, 4) is 0 Å². The van der Waals surface area contributed by atoms with E-state index in [-0.39, 0.29) is 23.9 Å². The number of carbonyl (C=O) groups is 3. The molecule has 1 N–H and O–H groups in total. The normalized spacial score (nSPS) is 10.8. The molecule has 0 aliphatic rings. The van der Waals surface area contributed by atoms with Crippen LogP contribution in [0.25, 0.3) is 0 Å². The van der Waals surface area contributed by atoms with Crippen molar-refractivity contribution < 1.29 is 19.1 Å². The third-order valence-corrected chi connectivity index (χ3v) is 5.21. The Morgan fingerprint density at radius 2 is 1.96 bits per heavy atom. The number of anilines is 1. The second-order valence-corrected chi connectivity index (χ2v) is 7.71. The predicted octanol–water partition coefficient (Wildman–Crippen LogP) is 1.35. The lowest BCUT2D eigenvalue weighted by atomic mass is 10.1. The molecule has 0 radical (unpaired) electrons. The summed E-state index contributed by atoms with van der Waals surface area (Å²) in [5.41, 5.74) is 1.69. The molecule has 28 heavy (non-hydrogen) atoms. The van der Waals surface area contributed by atoms with Crippen LogP contribution in [0.4, 0.5) is 5.00 Å². The number of hydrogen-bond acceptors (Lipinski definition) is 7. The zero-order valence-electron chi connectivity index (χ0n) is 16.9. The lowest BCUT2D eigenvalue weighted by Gasteiger charge is -2.15. The molecular formula is C18H25N5O4S.